The van der Waals surface area contributed by atoms with E-state index in [1.54, 1.807) is 22.2 Å². The van der Waals surface area contributed by atoms with Crippen molar-refractivity contribution in [2.45, 2.75) is 57.6 Å². The molecule has 6 nitrogen and oxygen atoms in total. The number of nitrogens with zero attached hydrogens (tertiary/aromatic N) is 2. The Hall–Kier alpha value is -1.73. The Labute approximate surface area is 150 Å². The van der Waals surface area contributed by atoms with Gasteiger partial charge in [0, 0.05) is 31.0 Å². The molecule has 7 heteroatoms. The Morgan fingerprint density at radius 1 is 1.36 bits per heavy atom. The number of carbonyl (C=O) groups is 1. The number of aromatic nitrogens is 2. The molecule has 1 saturated heterocycles. The molecule has 0 spiro atoms. The monoisotopic (exact) mass is 361 g/mol. The minimum Gasteiger partial charge on any atom is -0.376 e. The van der Waals surface area contributed by atoms with E-state index in [0.717, 1.165) is 48.9 Å². The molecule has 0 radical (unpaired) electrons. The van der Waals surface area contributed by atoms with Gasteiger partial charge in [-0.05, 0) is 44.1 Å². The van der Waals surface area contributed by atoms with Crippen LogP contribution in [0.1, 0.15) is 42.5 Å². The third-order valence-electron chi connectivity index (χ3n) is 5.07. The molecule has 2 aromatic rings. The van der Waals surface area contributed by atoms with E-state index in [9.17, 15) is 9.59 Å². The standard InChI is InChI=1S/C18H23N3O3S/c22-15(19-10-12-4-3-9-24-12)7-8-21-11-20-17-16(18(21)23)13-5-1-2-6-14(13)25-17/h11-12H,1-10H2,(H,19,22). The molecule has 1 N–H and O–H groups in total. The first kappa shape index (κ1) is 16.7. The lowest BCUT2D eigenvalue weighted by Crippen LogP contribution is -2.33. The van der Waals surface area contributed by atoms with E-state index in [0.29, 0.717) is 13.1 Å². The molecule has 1 amide bonds. The average Bonchev–Trinajstić information content (AvgIpc) is 3.26. The summed E-state index contributed by atoms with van der Waals surface area (Å²) in [6, 6.07) is 0. The maximum absolute atomic E-state index is 12.8. The highest BCUT2D eigenvalue weighted by atomic mass is 32.1. The summed E-state index contributed by atoms with van der Waals surface area (Å²) in [6.07, 6.45) is 8.43. The molecule has 0 saturated carbocycles. The van der Waals surface area contributed by atoms with Crippen molar-refractivity contribution in [1.82, 2.24) is 14.9 Å². The summed E-state index contributed by atoms with van der Waals surface area (Å²) < 4.78 is 7.08. The van der Waals surface area contributed by atoms with E-state index in [1.165, 1.54) is 16.9 Å². The topological polar surface area (TPSA) is 73.2 Å². The lowest BCUT2D eigenvalue weighted by Gasteiger charge is -2.12. The maximum Gasteiger partial charge on any atom is 0.262 e. The predicted molar refractivity (Wildman–Crippen MR) is 97.1 cm³/mol. The van der Waals surface area contributed by atoms with Gasteiger partial charge in [0.15, 0.2) is 0 Å². The number of ether oxygens (including phenoxy) is 1. The van der Waals surface area contributed by atoms with Crippen molar-refractivity contribution in [1.29, 1.82) is 0 Å². The fourth-order valence-electron chi connectivity index (χ4n) is 3.68. The predicted octanol–water partition coefficient (Wildman–Crippen LogP) is 2.02. The van der Waals surface area contributed by atoms with Gasteiger partial charge >= 0.3 is 0 Å². The van der Waals surface area contributed by atoms with Crippen molar-refractivity contribution >= 4 is 27.5 Å². The normalized spacial score (nSPS) is 19.9. The van der Waals surface area contributed by atoms with E-state index < -0.39 is 0 Å². The number of carbonyl (C=O) groups excluding carboxylic acids is 1. The first-order valence-electron chi connectivity index (χ1n) is 9.10. The van der Waals surface area contributed by atoms with Crippen LogP contribution in [-0.4, -0.2) is 34.7 Å². The molecule has 2 aliphatic rings. The smallest absolute Gasteiger partial charge is 0.262 e. The molecule has 134 valence electrons. The van der Waals surface area contributed by atoms with Crippen LogP contribution in [0, 0.1) is 0 Å². The van der Waals surface area contributed by atoms with Crippen LogP contribution in [0.4, 0.5) is 0 Å². The van der Waals surface area contributed by atoms with Gasteiger partial charge in [-0.25, -0.2) is 4.98 Å². The summed E-state index contributed by atoms with van der Waals surface area (Å²) in [7, 11) is 0. The number of nitrogens with one attached hydrogen (secondary N) is 1. The molecule has 0 bridgehead atoms. The highest BCUT2D eigenvalue weighted by Crippen LogP contribution is 2.33. The molecule has 1 aliphatic carbocycles. The van der Waals surface area contributed by atoms with Gasteiger partial charge in [-0.15, -0.1) is 11.3 Å². The minimum absolute atomic E-state index is 0.00340. The van der Waals surface area contributed by atoms with Gasteiger partial charge in [-0.3, -0.25) is 14.2 Å². The molecule has 1 atom stereocenters. The van der Waals surface area contributed by atoms with Gasteiger partial charge in [0.25, 0.3) is 5.56 Å². The second-order valence-electron chi connectivity index (χ2n) is 6.82. The van der Waals surface area contributed by atoms with Crippen LogP contribution in [0.15, 0.2) is 11.1 Å². The van der Waals surface area contributed by atoms with Crippen LogP contribution in [0.2, 0.25) is 0 Å². The fraction of sp³-hybridized carbons (Fsp3) is 0.611. The van der Waals surface area contributed by atoms with Gasteiger partial charge < -0.3 is 10.1 Å². The van der Waals surface area contributed by atoms with Crippen LogP contribution < -0.4 is 10.9 Å². The van der Waals surface area contributed by atoms with Crippen molar-refractivity contribution < 1.29 is 9.53 Å². The lowest BCUT2D eigenvalue weighted by molar-refractivity contribution is -0.121. The van der Waals surface area contributed by atoms with Crippen LogP contribution >= 0.6 is 11.3 Å². The van der Waals surface area contributed by atoms with Gasteiger partial charge in [-0.2, -0.15) is 0 Å². The molecule has 25 heavy (non-hydrogen) atoms. The molecular weight excluding hydrogens is 338 g/mol. The largest absolute Gasteiger partial charge is 0.376 e. The number of rotatable bonds is 5. The molecular formula is C18H23N3O3S. The van der Waals surface area contributed by atoms with E-state index in [4.69, 9.17) is 4.74 Å². The Balaban J connectivity index is 1.43. The number of aryl methyl sites for hydroxylation is 3. The fourth-order valence-corrected chi connectivity index (χ4v) is 4.90. The second-order valence-corrected chi connectivity index (χ2v) is 7.91. The number of hydrogen-bond donors (Lipinski definition) is 1. The third-order valence-corrected chi connectivity index (χ3v) is 6.27. The molecule has 0 aromatic carbocycles. The maximum atomic E-state index is 12.8. The minimum atomic E-state index is -0.0464. The van der Waals surface area contributed by atoms with Crippen molar-refractivity contribution in [2.24, 2.45) is 0 Å². The summed E-state index contributed by atoms with van der Waals surface area (Å²) in [5, 5.41) is 3.68. The third kappa shape index (κ3) is 3.48. The van der Waals surface area contributed by atoms with E-state index in [-0.39, 0.29) is 24.0 Å². The molecule has 1 fully saturated rings. The quantitative estimate of drug-likeness (QED) is 0.884. The van der Waals surface area contributed by atoms with Crippen molar-refractivity contribution in [3.63, 3.8) is 0 Å². The molecule has 1 unspecified atom stereocenters. The Bertz CT molecular complexity index is 836. The van der Waals surface area contributed by atoms with Gasteiger partial charge in [0.1, 0.15) is 4.83 Å². The van der Waals surface area contributed by atoms with Crippen molar-refractivity contribution in [3.05, 3.63) is 27.1 Å². The average molecular weight is 361 g/mol. The Morgan fingerprint density at radius 3 is 3.08 bits per heavy atom. The van der Waals surface area contributed by atoms with Crippen molar-refractivity contribution in [3.8, 4) is 0 Å². The van der Waals surface area contributed by atoms with Crippen LogP contribution in [-0.2, 0) is 28.9 Å². The van der Waals surface area contributed by atoms with Gasteiger partial charge in [0.2, 0.25) is 5.91 Å². The summed E-state index contributed by atoms with van der Waals surface area (Å²) >= 11 is 1.65. The van der Waals surface area contributed by atoms with Gasteiger partial charge in [0.05, 0.1) is 17.8 Å². The molecule has 2 aromatic heterocycles. The van der Waals surface area contributed by atoms with E-state index >= 15 is 0 Å². The van der Waals surface area contributed by atoms with E-state index in [2.05, 4.69) is 10.3 Å². The molecule has 4 rings (SSSR count). The Morgan fingerprint density at radius 2 is 2.24 bits per heavy atom. The highest BCUT2D eigenvalue weighted by Gasteiger charge is 2.20. The second kappa shape index (κ2) is 7.25. The van der Waals surface area contributed by atoms with Gasteiger partial charge in [-0.1, -0.05) is 0 Å². The number of thiophene rings is 1. The van der Waals surface area contributed by atoms with Crippen LogP contribution in [0.3, 0.4) is 0 Å². The first-order valence-corrected chi connectivity index (χ1v) is 9.92. The summed E-state index contributed by atoms with van der Waals surface area (Å²) in [6.45, 7) is 1.71. The summed E-state index contributed by atoms with van der Waals surface area (Å²) in [5.41, 5.74) is 1.19. The first-order chi connectivity index (χ1) is 12.2. The zero-order chi connectivity index (χ0) is 17.2. The zero-order valence-corrected chi connectivity index (χ0v) is 15.1. The molecule has 1 aliphatic heterocycles. The number of amides is 1. The Kier molecular flexibility index (Phi) is 4.85. The van der Waals surface area contributed by atoms with Crippen LogP contribution in [0.5, 0.6) is 0 Å². The lowest BCUT2D eigenvalue weighted by atomic mass is 9.97. The van der Waals surface area contributed by atoms with Crippen molar-refractivity contribution in [2.75, 3.05) is 13.2 Å². The zero-order valence-electron chi connectivity index (χ0n) is 14.3. The number of fused-ring (bicyclic) bond motifs is 3. The van der Waals surface area contributed by atoms with E-state index in [1.807, 2.05) is 0 Å². The van der Waals surface area contributed by atoms with Crippen LogP contribution in [0.25, 0.3) is 10.2 Å². The number of hydrogen-bond acceptors (Lipinski definition) is 5. The molecule has 3 heterocycles. The highest BCUT2D eigenvalue weighted by molar-refractivity contribution is 7.18. The summed E-state index contributed by atoms with van der Waals surface area (Å²) in [4.78, 5) is 31.5. The SMILES string of the molecule is O=C(CCn1cnc2sc3c(c2c1=O)CCCC3)NCC1CCCO1. The summed E-state index contributed by atoms with van der Waals surface area (Å²) in [5.74, 6) is -0.0464.